The molecule has 0 aliphatic heterocycles. The van der Waals surface area contributed by atoms with Gasteiger partial charge in [-0.25, -0.2) is 0 Å². The minimum atomic E-state index is -0.244. The van der Waals surface area contributed by atoms with Gasteiger partial charge < -0.3 is 5.11 Å². The summed E-state index contributed by atoms with van der Waals surface area (Å²) in [5.41, 5.74) is 2.06. The first kappa shape index (κ1) is 14.2. The quantitative estimate of drug-likeness (QED) is 0.825. The van der Waals surface area contributed by atoms with E-state index in [1.807, 2.05) is 26.0 Å². The number of carbonyl (C=O) groups is 1. The maximum Gasteiger partial charge on any atom is 0.257 e. The molecule has 102 valence electrons. The van der Waals surface area contributed by atoms with Gasteiger partial charge >= 0.3 is 0 Å². The van der Waals surface area contributed by atoms with Gasteiger partial charge in [-0.3, -0.25) is 10.1 Å². The second-order valence-electron chi connectivity index (χ2n) is 4.07. The van der Waals surface area contributed by atoms with E-state index in [0.717, 1.165) is 10.6 Å². The molecule has 2 N–H and O–H groups in total. The van der Waals surface area contributed by atoms with E-state index in [9.17, 15) is 4.79 Å². The van der Waals surface area contributed by atoms with Crippen molar-refractivity contribution in [2.45, 2.75) is 13.8 Å². The Morgan fingerprint density at radius 2 is 2.20 bits per heavy atom. The molecule has 1 heterocycles. The number of benzene rings is 1. The normalized spacial score (nSPS) is 9.75. The van der Waals surface area contributed by atoms with Crippen molar-refractivity contribution in [3.8, 4) is 11.8 Å². The van der Waals surface area contributed by atoms with E-state index in [-0.39, 0.29) is 12.5 Å². The molecule has 0 spiro atoms. The fourth-order valence-corrected chi connectivity index (χ4v) is 2.18. The Hall–Kier alpha value is -2.23. The number of aromatic nitrogens is 2. The molecule has 2 aromatic rings. The van der Waals surface area contributed by atoms with Crippen LogP contribution in [0, 0.1) is 25.7 Å². The number of anilines is 1. The first-order valence-corrected chi connectivity index (χ1v) is 6.73. The van der Waals surface area contributed by atoms with Gasteiger partial charge in [0.25, 0.3) is 5.91 Å². The maximum absolute atomic E-state index is 12.2. The van der Waals surface area contributed by atoms with E-state index in [0.29, 0.717) is 16.3 Å². The largest absolute Gasteiger partial charge is 0.384 e. The van der Waals surface area contributed by atoms with Gasteiger partial charge in [-0.05, 0) is 31.5 Å². The predicted octanol–water partition coefficient (Wildman–Crippen LogP) is 1.75. The zero-order valence-electron chi connectivity index (χ0n) is 11.1. The topological polar surface area (TPSA) is 75.1 Å². The van der Waals surface area contributed by atoms with Gasteiger partial charge in [0.15, 0.2) is 0 Å². The molecule has 0 bridgehead atoms. The molecule has 1 aromatic heterocycles. The van der Waals surface area contributed by atoms with Crippen molar-refractivity contribution in [1.82, 2.24) is 10.2 Å². The van der Waals surface area contributed by atoms with E-state index in [1.54, 1.807) is 6.07 Å². The summed E-state index contributed by atoms with van der Waals surface area (Å²) in [7, 11) is 0. The summed E-state index contributed by atoms with van der Waals surface area (Å²) < 4.78 is 0. The third-order valence-electron chi connectivity index (χ3n) is 2.54. The lowest BCUT2D eigenvalue weighted by molar-refractivity contribution is 0.102. The molecule has 2 rings (SSSR count). The van der Waals surface area contributed by atoms with E-state index < -0.39 is 0 Å². The molecular formula is C14H13N3O2S. The minimum Gasteiger partial charge on any atom is -0.384 e. The molecule has 0 fully saturated rings. The summed E-state index contributed by atoms with van der Waals surface area (Å²) in [6.07, 6.45) is 0. The zero-order valence-corrected chi connectivity index (χ0v) is 11.9. The molecule has 0 atom stereocenters. The Bertz CT molecular complexity index is 698. The minimum absolute atomic E-state index is 0.209. The molecule has 5 nitrogen and oxygen atoms in total. The summed E-state index contributed by atoms with van der Waals surface area (Å²) in [4.78, 5) is 12.2. The van der Waals surface area contributed by atoms with Gasteiger partial charge in [0.1, 0.15) is 11.6 Å². The molecule has 0 aliphatic rings. The van der Waals surface area contributed by atoms with Gasteiger partial charge in [-0.2, -0.15) is 0 Å². The summed E-state index contributed by atoms with van der Waals surface area (Å²) in [6, 6.07) is 5.33. The maximum atomic E-state index is 12.2. The third-order valence-corrected chi connectivity index (χ3v) is 3.29. The Kier molecular flexibility index (Phi) is 4.45. The standard InChI is InChI=1S/C14H13N3O2S/c1-9-5-6-11(4-3-7-18)8-12(9)13(19)15-14-17-16-10(2)20-14/h5-6,8,18H,7H2,1-2H3,(H,15,17,19). The molecule has 20 heavy (non-hydrogen) atoms. The van der Waals surface area contributed by atoms with E-state index in [4.69, 9.17) is 5.11 Å². The van der Waals surface area contributed by atoms with Gasteiger partial charge in [0.05, 0.1) is 0 Å². The average molecular weight is 287 g/mol. The Balaban J connectivity index is 2.24. The van der Waals surface area contributed by atoms with E-state index in [2.05, 4.69) is 27.4 Å². The van der Waals surface area contributed by atoms with Crippen LogP contribution in [0.3, 0.4) is 0 Å². The lowest BCUT2D eigenvalue weighted by Gasteiger charge is -2.05. The number of nitrogens with one attached hydrogen (secondary N) is 1. The van der Waals surface area contributed by atoms with Crippen molar-refractivity contribution in [2.75, 3.05) is 11.9 Å². The summed E-state index contributed by atoms with van der Waals surface area (Å²) >= 11 is 1.32. The fourth-order valence-electron chi connectivity index (χ4n) is 1.60. The highest BCUT2D eigenvalue weighted by molar-refractivity contribution is 7.15. The van der Waals surface area contributed by atoms with Crippen LogP contribution in [0.1, 0.15) is 26.5 Å². The van der Waals surface area contributed by atoms with Crippen LogP contribution in [0.5, 0.6) is 0 Å². The van der Waals surface area contributed by atoms with Crippen LogP contribution in [0.2, 0.25) is 0 Å². The Morgan fingerprint density at radius 1 is 1.40 bits per heavy atom. The molecule has 0 unspecified atom stereocenters. The molecule has 0 aliphatic carbocycles. The van der Waals surface area contributed by atoms with E-state index >= 15 is 0 Å². The average Bonchev–Trinajstić information content (AvgIpc) is 2.83. The highest BCUT2D eigenvalue weighted by Crippen LogP contribution is 2.17. The van der Waals surface area contributed by atoms with E-state index in [1.165, 1.54) is 11.3 Å². The first-order chi connectivity index (χ1) is 9.60. The number of aliphatic hydroxyl groups excluding tert-OH is 1. The third kappa shape index (κ3) is 3.41. The van der Waals surface area contributed by atoms with Crippen LogP contribution in [-0.4, -0.2) is 27.8 Å². The van der Waals surface area contributed by atoms with Crippen molar-refractivity contribution < 1.29 is 9.90 Å². The van der Waals surface area contributed by atoms with Crippen LogP contribution in [0.25, 0.3) is 0 Å². The predicted molar refractivity (Wildman–Crippen MR) is 77.7 cm³/mol. The van der Waals surface area contributed by atoms with Gasteiger partial charge in [-0.15, -0.1) is 10.2 Å². The van der Waals surface area contributed by atoms with Crippen molar-refractivity contribution in [3.05, 3.63) is 39.9 Å². The summed E-state index contributed by atoms with van der Waals surface area (Å²) in [5.74, 6) is 5.09. The van der Waals surface area contributed by atoms with Crippen LogP contribution in [-0.2, 0) is 0 Å². The second kappa shape index (κ2) is 6.28. The number of hydrogen-bond acceptors (Lipinski definition) is 5. The number of hydrogen-bond donors (Lipinski definition) is 2. The Labute approximate surface area is 120 Å². The van der Waals surface area contributed by atoms with Gasteiger partial charge in [0, 0.05) is 11.1 Å². The molecular weight excluding hydrogens is 274 g/mol. The monoisotopic (exact) mass is 287 g/mol. The lowest BCUT2D eigenvalue weighted by atomic mass is 10.0. The zero-order chi connectivity index (χ0) is 14.5. The van der Waals surface area contributed by atoms with Crippen LogP contribution >= 0.6 is 11.3 Å². The summed E-state index contributed by atoms with van der Waals surface area (Å²) in [6.45, 7) is 3.46. The van der Waals surface area contributed by atoms with Crippen LogP contribution in [0.15, 0.2) is 18.2 Å². The molecule has 1 amide bonds. The number of aliphatic hydroxyl groups is 1. The molecule has 0 saturated heterocycles. The van der Waals surface area contributed by atoms with Crippen LogP contribution < -0.4 is 5.32 Å². The van der Waals surface area contributed by atoms with Crippen molar-refractivity contribution in [3.63, 3.8) is 0 Å². The van der Waals surface area contributed by atoms with Crippen molar-refractivity contribution in [1.29, 1.82) is 0 Å². The number of amides is 1. The highest BCUT2D eigenvalue weighted by Gasteiger charge is 2.12. The van der Waals surface area contributed by atoms with Crippen LogP contribution in [0.4, 0.5) is 5.13 Å². The van der Waals surface area contributed by atoms with Crippen molar-refractivity contribution in [2.24, 2.45) is 0 Å². The van der Waals surface area contributed by atoms with Crippen molar-refractivity contribution >= 4 is 22.4 Å². The number of rotatable bonds is 2. The lowest BCUT2D eigenvalue weighted by Crippen LogP contribution is -2.13. The Morgan fingerprint density at radius 3 is 2.85 bits per heavy atom. The molecule has 6 heteroatoms. The molecule has 0 saturated carbocycles. The SMILES string of the molecule is Cc1nnc(NC(=O)c2cc(C#CCO)ccc2C)s1. The number of nitrogens with zero attached hydrogens (tertiary/aromatic N) is 2. The number of aryl methyl sites for hydroxylation is 2. The highest BCUT2D eigenvalue weighted by atomic mass is 32.1. The first-order valence-electron chi connectivity index (χ1n) is 5.92. The molecule has 0 radical (unpaired) electrons. The fraction of sp³-hybridized carbons (Fsp3) is 0.214. The molecule has 1 aromatic carbocycles. The smallest absolute Gasteiger partial charge is 0.257 e. The van der Waals surface area contributed by atoms with Gasteiger partial charge in [-0.1, -0.05) is 29.2 Å². The number of carbonyl (C=O) groups excluding carboxylic acids is 1. The second-order valence-corrected chi connectivity index (χ2v) is 5.25. The summed E-state index contributed by atoms with van der Waals surface area (Å²) in [5, 5.41) is 20.4. The van der Waals surface area contributed by atoms with Gasteiger partial charge in [0.2, 0.25) is 5.13 Å².